The molecule has 0 spiro atoms. The van der Waals surface area contributed by atoms with E-state index in [0.717, 1.165) is 0 Å². The number of aromatic nitrogens is 1. The molecule has 0 aliphatic carbocycles. The number of esters is 1. The number of pyridine rings is 1. The van der Waals surface area contributed by atoms with E-state index >= 15 is 0 Å². The predicted octanol–water partition coefficient (Wildman–Crippen LogP) is 1.79. The van der Waals surface area contributed by atoms with E-state index in [9.17, 15) is 14.9 Å². The largest absolute Gasteiger partial charge is 0.466 e. The molecule has 0 aliphatic heterocycles. The molecular formula is C12H18N4O4. The Labute approximate surface area is 116 Å². The zero-order valence-electron chi connectivity index (χ0n) is 11.5. The third-order valence-corrected chi connectivity index (χ3v) is 2.48. The van der Waals surface area contributed by atoms with Crippen molar-refractivity contribution in [3.8, 4) is 0 Å². The number of ether oxygens (including phenoxy) is 1. The summed E-state index contributed by atoms with van der Waals surface area (Å²) in [6.07, 6.45) is 0.780. The van der Waals surface area contributed by atoms with Crippen molar-refractivity contribution in [2.75, 3.05) is 30.8 Å². The molecule has 0 aliphatic rings. The Kier molecular flexibility index (Phi) is 6.21. The number of carbonyl (C=O) groups is 1. The summed E-state index contributed by atoms with van der Waals surface area (Å²) in [5.41, 5.74) is -0.0971. The molecule has 2 N–H and O–H groups in total. The van der Waals surface area contributed by atoms with Crippen molar-refractivity contribution >= 4 is 23.3 Å². The van der Waals surface area contributed by atoms with Crippen LogP contribution in [0.25, 0.3) is 0 Å². The molecular weight excluding hydrogens is 264 g/mol. The van der Waals surface area contributed by atoms with Crippen molar-refractivity contribution in [3.05, 3.63) is 22.2 Å². The highest BCUT2D eigenvalue weighted by molar-refractivity contribution is 5.69. The summed E-state index contributed by atoms with van der Waals surface area (Å²) in [7, 11) is 1.68. The van der Waals surface area contributed by atoms with Gasteiger partial charge >= 0.3 is 11.7 Å². The summed E-state index contributed by atoms with van der Waals surface area (Å²) in [4.78, 5) is 25.6. The maximum absolute atomic E-state index is 11.1. The first kappa shape index (κ1) is 15.7. The number of carbonyl (C=O) groups excluding carboxylic acids is 1. The first-order valence-corrected chi connectivity index (χ1v) is 6.31. The van der Waals surface area contributed by atoms with Crippen LogP contribution >= 0.6 is 0 Å². The number of hydrogen-bond acceptors (Lipinski definition) is 7. The Hall–Kier alpha value is -2.38. The van der Waals surface area contributed by atoms with E-state index in [1.54, 1.807) is 14.0 Å². The topological polar surface area (TPSA) is 106 Å². The first-order chi connectivity index (χ1) is 9.58. The Bertz CT molecular complexity index is 479. The van der Waals surface area contributed by atoms with E-state index in [-0.39, 0.29) is 23.9 Å². The molecule has 1 aromatic rings. The highest BCUT2D eigenvalue weighted by Crippen LogP contribution is 2.23. The van der Waals surface area contributed by atoms with Crippen LogP contribution < -0.4 is 10.6 Å². The quantitative estimate of drug-likeness (QED) is 0.324. The SMILES string of the molecule is CCOC(=O)CCCNc1nc(NC)ccc1[N+](=O)[O-]. The average molecular weight is 282 g/mol. The lowest BCUT2D eigenvalue weighted by Gasteiger charge is -2.08. The second kappa shape index (κ2) is 7.93. The van der Waals surface area contributed by atoms with Crippen LogP contribution in [0.15, 0.2) is 12.1 Å². The molecule has 0 unspecified atom stereocenters. The fourth-order valence-corrected chi connectivity index (χ4v) is 1.54. The molecule has 8 nitrogen and oxygen atoms in total. The van der Waals surface area contributed by atoms with Crippen LogP contribution in [0.4, 0.5) is 17.3 Å². The zero-order chi connectivity index (χ0) is 15.0. The highest BCUT2D eigenvalue weighted by atomic mass is 16.6. The van der Waals surface area contributed by atoms with Gasteiger partial charge in [0.1, 0.15) is 5.82 Å². The van der Waals surface area contributed by atoms with Crippen LogP contribution in [0.2, 0.25) is 0 Å². The van der Waals surface area contributed by atoms with E-state index in [2.05, 4.69) is 15.6 Å². The summed E-state index contributed by atoms with van der Waals surface area (Å²) in [5, 5.41) is 16.6. The fraction of sp³-hybridized carbons (Fsp3) is 0.500. The molecule has 0 atom stereocenters. The summed E-state index contributed by atoms with van der Waals surface area (Å²) in [5.74, 6) is 0.440. The number of rotatable bonds is 8. The Morgan fingerprint density at radius 1 is 1.50 bits per heavy atom. The molecule has 8 heteroatoms. The minimum Gasteiger partial charge on any atom is -0.466 e. The molecule has 1 heterocycles. The molecule has 0 saturated carbocycles. The van der Waals surface area contributed by atoms with Crippen LogP contribution in [0.3, 0.4) is 0 Å². The minimum atomic E-state index is -0.500. The van der Waals surface area contributed by atoms with E-state index in [1.165, 1.54) is 12.1 Å². The molecule has 1 rings (SSSR count). The van der Waals surface area contributed by atoms with Crippen molar-refractivity contribution in [2.24, 2.45) is 0 Å². The maximum atomic E-state index is 11.1. The van der Waals surface area contributed by atoms with Gasteiger partial charge in [-0.1, -0.05) is 0 Å². The minimum absolute atomic E-state index is 0.0971. The number of nitrogens with one attached hydrogen (secondary N) is 2. The van der Waals surface area contributed by atoms with Gasteiger partial charge in [0.15, 0.2) is 0 Å². The number of nitro groups is 1. The maximum Gasteiger partial charge on any atom is 0.311 e. The number of hydrogen-bond donors (Lipinski definition) is 2. The predicted molar refractivity (Wildman–Crippen MR) is 74.8 cm³/mol. The third-order valence-electron chi connectivity index (χ3n) is 2.48. The third kappa shape index (κ3) is 4.71. The Morgan fingerprint density at radius 3 is 2.85 bits per heavy atom. The van der Waals surface area contributed by atoms with Crippen LogP contribution in [-0.2, 0) is 9.53 Å². The van der Waals surface area contributed by atoms with E-state index in [0.29, 0.717) is 25.4 Å². The highest BCUT2D eigenvalue weighted by Gasteiger charge is 2.15. The standard InChI is InChI=1S/C12H18N4O4/c1-3-20-11(17)5-4-8-14-12-9(16(18)19)6-7-10(13-2)15-12/h6-7H,3-5,8H2,1-2H3,(H2,13,14,15). The average Bonchev–Trinajstić information content (AvgIpc) is 2.43. The van der Waals surface area contributed by atoms with Gasteiger partial charge in [0.25, 0.3) is 0 Å². The zero-order valence-corrected chi connectivity index (χ0v) is 11.5. The molecule has 0 bridgehead atoms. The van der Waals surface area contributed by atoms with Crippen molar-refractivity contribution < 1.29 is 14.5 Å². The Balaban J connectivity index is 2.57. The second-order valence-electron chi connectivity index (χ2n) is 3.91. The van der Waals surface area contributed by atoms with Gasteiger partial charge < -0.3 is 15.4 Å². The van der Waals surface area contributed by atoms with Crippen LogP contribution in [0.1, 0.15) is 19.8 Å². The van der Waals surface area contributed by atoms with Gasteiger partial charge in [-0.2, -0.15) is 0 Å². The number of anilines is 2. The lowest BCUT2D eigenvalue weighted by Crippen LogP contribution is -2.10. The van der Waals surface area contributed by atoms with Gasteiger partial charge in [-0.25, -0.2) is 4.98 Å². The van der Waals surface area contributed by atoms with Crippen molar-refractivity contribution in [1.82, 2.24) is 4.98 Å². The van der Waals surface area contributed by atoms with Crippen LogP contribution in [0.5, 0.6) is 0 Å². The lowest BCUT2D eigenvalue weighted by molar-refractivity contribution is -0.384. The summed E-state index contributed by atoms with van der Waals surface area (Å²) in [6.45, 7) is 2.50. The molecule has 0 radical (unpaired) electrons. The first-order valence-electron chi connectivity index (χ1n) is 6.31. The normalized spacial score (nSPS) is 9.90. The summed E-state index contributed by atoms with van der Waals surface area (Å²) >= 11 is 0. The monoisotopic (exact) mass is 282 g/mol. The van der Waals surface area contributed by atoms with Gasteiger partial charge in [0.05, 0.1) is 11.5 Å². The fourth-order valence-electron chi connectivity index (χ4n) is 1.54. The molecule has 110 valence electrons. The second-order valence-corrected chi connectivity index (χ2v) is 3.91. The molecule has 0 fully saturated rings. The molecule has 20 heavy (non-hydrogen) atoms. The van der Waals surface area contributed by atoms with Gasteiger partial charge in [-0.15, -0.1) is 0 Å². The molecule has 1 aromatic heterocycles. The van der Waals surface area contributed by atoms with E-state index < -0.39 is 4.92 Å². The Morgan fingerprint density at radius 2 is 2.25 bits per heavy atom. The van der Waals surface area contributed by atoms with E-state index in [4.69, 9.17) is 4.74 Å². The van der Waals surface area contributed by atoms with Crippen LogP contribution in [0, 0.1) is 10.1 Å². The van der Waals surface area contributed by atoms with Gasteiger partial charge in [-0.3, -0.25) is 14.9 Å². The molecule has 0 saturated heterocycles. The number of nitrogens with zero attached hydrogens (tertiary/aromatic N) is 2. The smallest absolute Gasteiger partial charge is 0.311 e. The summed E-state index contributed by atoms with van der Waals surface area (Å²) in [6, 6.07) is 2.91. The van der Waals surface area contributed by atoms with E-state index in [1.807, 2.05) is 0 Å². The van der Waals surface area contributed by atoms with Gasteiger partial charge in [-0.05, 0) is 19.4 Å². The summed E-state index contributed by atoms with van der Waals surface area (Å²) < 4.78 is 4.79. The molecule has 0 aromatic carbocycles. The van der Waals surface area contributed by atoms with Crippen LogP contribution in [-0.4, -0.2) is 36.1 Å². The lowest BCUT2D eigenvalue weighted by atomic mass is 10.3. The van der Waals surface area contributed by atoms with Crippen molar-refractivity contribution in [2.45, 2.75) is 19.8 Å². The van der Waals surface area contributed by atoms with Crippen molar-refractivity contribution in [1.29, 1.82) is 0 Å². The van der Waals surface area contributed by atoms with Crippen molar-refractivity contribution in [3.63, 3.8) is 0 Å². The van der Waals surface area contributed by atoms with Gasteiger partial charge in [0.2, 0.25) is 5.82 Å². The molecule has 0 amide bonds. The van der Waals surface area contributed by atoms with Gasteiger partial charge in [0, 0.05) is 26.1 Å².